The highest BCUT2D eigenvalue weighted by molar-refractivity contribution is 5.97. The standard InChI is InChI=1S/C13H12FN3O2/c1-2-3-6-16-13-10(14)8-11(17(18)19)9-5-4-7-15-12(9)13/h2,4-5,7-8,16H,1,3,6H2. The van der Waals surface area contributed by atoms with E-state index in [0.29, 0.717) is 18.4 Å². The van der Waals surface area contributed by atoms with Crippen LogP contribution in [-0.2, 0) is 0 Å². The zero-order valence-corrected chi connectivity index (χ0v) is 10.1. The lowest BCUT2D eigenvalue weighted by atomic mass is 10.1. The third kappa shape index (κ3) is 2.52. The minimum absolute atomic E-state index is 0.183. The summed E-state index contributed by atoms with van der Waals surface area (Å²) in [6.07, 6.45) is 3.83. The number of rotatable bonds is 5. The van der Waals surface area contributed by atoms with Gasteiger partial charge in [0.1, 0.15) is 5.52 Å². The van der Waals surface area contributed by atoms with E-state index in [1.807, 2.05) is 0 Å². The van der Waals surface area contributed by atoms with E-state index >= 15 is 0 Å². The lowest BCUT2D eigenvalue weighted by molar-refractivity contribution is -0.383. The summed E-state index contributed by atoms with van der Waals surface area (Å²) in [7, 11) is 0. The number of non-ortho nitro benzene ring substituents is 1. The van der Waals surface area contributed by atoms with Crippen molar-refractivity contribution in [3.8, 4) is 0 Å². The van der Waals surface area contributed by atoms with Gasteiger partial charge in [-0.3, -0.25) is 15.1 Å². The molecule has 1 heterocycles. The fourth-order valence-corrected chi connectivity index (χ4v) is 1.81. The predicted molar refractivity (Wildman–Crippen MR) is 71.7 cm³/mol. The van der Waals surface area contributed by atoms with Gasteiger partial charge in [-0.2, -0.15) is 0 Å². The van der Waals surface area contributed by atoms with Crippen molar-refractivity contribution in [2.24, 2.45) is 0 Å². The number of hydrogen-bond donors (Lipinski definition) is 1. The van der Waals surface area contributed by atoms with Crippen LogP contribution in [0.5, 0.6) is 0 Å². The number of fused-ring (bicyclic) bond motifs is 1. The Morgan fingerprint density at radius 3 is 3.05 bits per heavy atom. The molecule has 1 aromatic heterocycles. The number of benzene rings is 1. The van der Waals surface area contributed by atoms with Crippen LogP contribution >= 0.6 is 0 Å². The summed E-state index contributed by atoms with van der Waals surface area (Å²) >= 11 is 0. The molecule has 5 nitrogen and oxygen atoms in total. The minimum atomic E-state index is -0.679. The van der Waals surface area contributed by atoms with Crippen LogP contribution in [0.2, 0.25) is 0 Å². The lowest BCUT2D eigenvalue weighted by Gasteiger charge is -2.09. The van der Waals surface area contributed by atoms with Crippen molar-refractivity contribution in [3.63, 3.8) is 0 Å². The number of nitrogens with zero attached hydrogens (tertiary/aromatic N) is 2. The second kappa shape index (κ2) is 5.43. The molecule has 0 amide bonds. The predicted octanol–water partition coefficient (Wildman–Crippen LogP) is 3.27. The van der Waals surface area contributed by atoms with Crippen molar-refractivity contribution in [1.82, 2.24) is 4.98 Å². The molecule has 0 aliphatic heterocycles. The first-order chi connectivity index (χ1) is 9.15. The Labute approximate surface area is 108 Å². The molecular formula is C13H12FN3O2. The van der Waals surface area contributed by atoms with E-state index in [4.69, 9.17) is 0 Å². The molecule has 19 heavy (non-hydrogen) atoms. The fourth-order valence-electron chi connectivity index (χ4n) is 1.81. The summed E-state index contributed by atoms with van der Waals surface area (Å²) in [6.45, 7) is 4.07. The van der Waals surface area contributed by atoms with Gasteiger partial charge in [0.2, 0.25) is 0 Å². The first-order valence-electron chi connectivity index (χ1n) is 5.71. The third-order valence-corrected chi connectivity index (χ3v) is 2.67. The summed E-state index contributed by atoms with van der Waals surface area (Å²) in [6, 6.07) is 4.06. The topological polar surface area (TPSA) is 68.1 Å². The maximum atomic E-state index is 13.9. The maximum absolute atomic E-state index is 13.9. The molecule has 0 radical (unpaired) electrons. The SMILES string of the molecule is C=CCCNc1c(F)cc([N+](=O)[O-])c2cccnc12. The maximum Gasteiger partial charge on any atom is 0.281 e. The summed E-state index contributed by atoms with van der Waals surface area (Å²) in [4.78, 5) is 14.3. The second-order valence-corrected chi connectivity index (χ2v) is 3.91. The van der Waals surface area contributed by atoms with Crippen LogP contribution in [-0.4, -0.2) is 16.5 Å². The molecule has 1 aromatic carbocycles. The molecule has 6 heteroatoms. The fraction of sp³-hybridized carbons (Fsp3) is 0.154. The van der Waals surface area contributed by atoms with E-state index in [9.17, 15) is 14.5 Å². The zero-order valence-electron chi connectivity index (χ0n) is 10.1. The van der Waals surface area contributed by atoms with Gasteiger partial charge in [0, 0.05) is 12.7 Å². The molecule has 1 N–H and O–H groups in total. The van der Waals surface area contributed by atoms with Gasteiger partial charge < -0.3 is 5.32 Å². The van der Waals surface area contributed by atoms with E-state index in [-0.39, 0.29) is 16.9 Å². The van der Waals surface area contributed by atoms with E-state index in [2.05, 4.69) is 16.9 Å². The smallest absolute Gasteiger partial charge is 0.281 e. The molecule has 0 atom stereocenters. The van der Waals surface area contributed by atoms with Gasteiger partial charge in [-0.25, -0.2) is 4.39 Å². The van der Waals surface area contributed by atoms with Crippen molar-refractivity contribution >= 4 is 22.3 Å². The number of hydrogen-bond acceptors (Lipinski definition) is 4. The van der Waals surface area contributed by atoms with Crippen molar-refractivity contribution in [3.05, 3.63) is 53.0 Å². The Morgan fingerprint density at radius 1 is 1.58 bits per heavy atom. The van der Waals surface area contributed by atoms with Gasteiger partial charge in [0.25, 0.3) is 5.69 Å². The first kappa shape index (κ1) is 12.9. The zero-order chi connectivity index (χ0) is 13.8. The molecule has 0 saturated heterocycles. The van der Waals surface area contributed by atoms with Gasteiger partial charge in [-0.05, 0) is 18.6 Å². The third-order valence-electron chi connectivity index (χ3n) is 2.67. The van der Waals surface area contributed by atoms with Gasteiger partial charge in [-0.15, -0.1) is 6.58 Å². The van der Waals surface area contributed by atoms with Gasteiger partial charge in [-0.1, -0.05) is 6.08 Å². The number of pyridine rings is 1. The van der Waals surface area contributed by atoms with Gasteiger partial charge in [0.15, 0.2) is 5.82 Å². The number of aromatic nitrogens is 1. The van der Waals surface area contributed by atoms with Crippen molar-refractivity contribution < 1.29 is 9.31 Å². The highest BCUT2D eigenvalue weighted by Gasteiger charge is 2.19. The summed E-state index contributed by atoms with van der Waals surface area (Å²) in [5.41, 5.74) is 0.163. The average Bonchev–Trinajstić information content (AvgIpc) is 2.40. The van der Waals surface area contributed by atoms with Crippen LogP contribution in [0.4, 0.5) is 15.8 Å². The summed E-state index contributed by atoms with van der Waals surface area (Å²) < 4.78 is 13.9. The summed E-state index contributed by atoms with van der Waals surface area (Å²) in [5.74, 6) is -0.679. The van der Waals surface area contributed by atoms with E-state index in [1.54, 1.807) is 18.2 Å². The molecule has 2 rings (SSSR count). The monoisotopic (exact) mass is 261 g/mol. The van der Waals surface area contributed by atoms with E-state index in [1.165, 1.54) is 6.20 Å². The summed E-state index contributed by atoms with van der Waals surface area (Å²) in [5, 5.41) is 14.1. The quantitative estimate of drug-likeness (QED) is 0.388. The average molecular weight is 261 g/mol. The molecule has 2 aromatic rings. The molecule has 0 aliphatic carbocycles. The largest absolute Gasteiger partial charge is 0.381 e. The molecule has 98 valence electrons. The number of nitrogens with one attached hydrogen (secondary N) is 1. The normalized spacial score (nSPS) is 10.4. The van der Waals surface area contributed by atoms with E-state index < -0.39 is 10.7 Å². The van der Waals surface area contributed by atoms with Crippen LogP contribution in [0.25, 0.3) is 10.9 Å². The van der Waals surface area contributed by atoms with Crippen LogP contribution < -0.4 is 5.32 Å². The van der Waals surface area contributed by atoms with E-state index in [0.717, 1.165) is 6.07 Å². The van der Waals surface area contributed by atoms with Crippen LogP contribution in [0.3, 0.4) is 0 Å². The molecule has 0 fully saturated rings. The number of nitro benzene ring substituents is 1. The Bertz CT molecular complexity index is 643. The van der Waals surface area contributed by atoms with Crippen molar-refractivity contribution in [2.75, 3.05) is 11.9 Å². The van der Waals surface area contributed by atoms with Crippen LogP contribution in [0, 0.1) is 15.9 Å². The highest BCUT2D eigenvalue weighted by atomic mass is 19.1. The second-order valence-electron chi connectivity index (χ2n) is 3.91. The molecule has 0 unspecified atom stereocenters. The molecule has 0 spiro atoms. The van der Waals surface area contributed by atoms with Gasteiger partial charge >= 0.3 is 0 Å². The Hall–Kier alpha value is -2.50. The lowest BCUT2D eigenvalue weighted by Crippen LogP contribution is -2.05. The Balaban J connectivity index is 2.58. The van der Waals surface area contributed by atoms with Crippen molar-refractivity contribution in [2.45, 2.75) is 6.42 Å². The Morgan fingerprint density at radius 2 is 2.37 bits per heavy atom. The molecule has 0 bridgehead atoms. The molecule has 0 aliphatic rings. The number of anilines is 1. The first-order valence-corrected chi connectivity index (χ1v) is 5.71. The van der Waals surface area contributed by atoms with Gasteiger partial charge in [0.05, 0.1) is 22.1 Å². The number of nitro groups is 1. The number of halogens is 1. The Kier molecular flexibility index (Phi) is 3.70. The molecule has 0 saturated carbocycles. The highest BCUT2D eigenvalue weighted by Crippen LogP contribution is 2.32. The van der Waals surface area contributed by atoms with Crippen LogP contribution in [0.1, 0.15) is 6.42 Å². The molecular weight excluding hydrogens is 249 g/mol. The van der Waals surface area contributed by atoms with Crippen LogP contribution in [0.15, 0.2) is 37.1 Å². The van der Waals surface area contributed by atoms with Crippen molar-refractivity contribution in [1.29, 1.82) is 0 Å². The minimum Gasteiger partial charge on any atom is -0.381 e.